The lowest BCUT2D eigenvalue weighted by molar-refractivity contribution is 0.0530. The third kappa shape index (κ3) is 4.45. The zero-order valence-electron chi connectivity index (χ0n) is 18.8. The number of nitrogens with one attached hydrogen (secondary N) is 2. The first-order valence-electron chi connectivity index (χ1n) is 10.3. The number of hydrogen-bond donors (Lipinski definition) is 3. The molecule has 0 aliphatic rings. The number of fused-ring (bicyclic) bond motifs is 3. The van der Waals surface area contributed by atoms with Gasteiger partial charge < -0.3 is 21.1 Å². The number of hydrogen-bond acceptors (Lipinski definition) is 8. The molecular formula is C22H27N7O2S. The molecule has 0 unspecified atom stereocenters. The van der Waals surface area contributed by atoms with E-state index in [4.69, 9.17) is 15.5 Å². The Balaban J connectivity index is 1.60. The van der Waals surface area contributed by atoms with E-state index in [-0.39, 0.29) is 0 Å². The van der Waals surface area contributed by atoms with E-state index in [1.165, 1.54) is 0 Å². The minimum absolute atomic E-state index is 0.395. The summed E-state index contributed by atoms with van der Waals surface area (Å²) in [6.07, 6.45) is 1.38. The fourth-order valence-corrected chi connectivity index (χ4v) is 4.63. The number of carbonyl (C=O) groups excluding carboxylic acids is 1. The summed E-state index contributed by atoms with van der Waals surface area (Å²) in [7, 11) is 0. The van der Waals surface area contributed by atoms with Crippen LogP contribution in [0.15, 0.2) is 24.4 Å². The van der Waals surface area contributed by atoms with E-state index in [1.807, 2.05) is 52.9 Å². The van der Waals surface area contributed by atoms with Crippen LogP contribution >= 0.6 is 11.3 Å². The molecule has 0 atom stereocenters. The van der Waals surface area contributed by atoms with Crippen LogP contribution in [0.2, 0.25) is 0 Å². The molecule has 0 aliphatic carbocycles. The van der Waals surface area contributed by atoms with Gasteiger partial charge in [0.1, 0.15) is 21.8 Å². The highest BCUT2D eigenvalue weighted by molar-refractivity contribution is 7.21. The number of rotatable bonds is 5. The number of imidazole rings is 1. The second-order valence-corrected chi connectivity index (χ2v) is 9.58. The second-order valence-electron chi connectivity index (χ2n) is 8.54. The molecule has 32 heavy (non-hydrogen) atoms. The van der Waals surface area contributed by atoms with Gasteiger partial charge >= 0.3 is 6.09 Å². The van der Waals surface area contributed by atoms with Crippen LogP contribution < -0.4 is 16.4 Å². The normalized spacial score (nSPS) is 11.8. The highest BCUT2D eigenvalue weighted by Crippen LogP contribution is 2.36. The number of pyridine rings is 1. The number of nitrogens with zero attached hydrogens (tertiary/aromatic N) is 4. The molecule has 0 saturated heterocycles. The lowest BCUT2D eigenvalue weighted by atomic mass is 10.1. The van der Waals surface area contributed by atoms with E-state index in [0.29, 0.717) is 24.7 Å². The van der Waals surface area contributed by atoms with E-state index < -0.39 is 11.7 Å². The molecular weight excluding hydrogens is 426 g/mol. The Kier molecular flexibility index (Phi) is 5.64. The SMILES string of the molecule is Cc1nc(N)ccc1-c1cc2nc(NCCNC(=O)OC(C)(C)C)c3ncc(C)n3c2s1. The molecule has 4 heterocycles. The van der Waals surface area contributed by atoms with Crippen molar-refractivity contribution in [2.75, 3.05) is 24.1 Å². The maximum absolute atomic E-state index is 11.8. The average molecular weight is 454 g/mol. The molecule has 0 aromatic carbocycles. The summed E-state index contributed by atoms with van der Waals surface area (Å²) >= 11 is 1.64. The van der Waals surface area contributed by atoms with E-state index in [9.17, 15) is 4.79 Å². The molecule has 4 aromatic rings. The van der Waals surface area contributed by atoms with Crippen LogP contribution in [0.3, 0.4) is 0 Å². The van der Waals surface area contributed by atoms with Gasteiger partial charge in [-0.1, -0.05) is 0 Å². The Bertz CT molecular complexity index is 1300. The van der Waals surface area contributed by atoms with Gasteiger partial charge in [-0.2, -0.15) is 0 Å². The molecule has 0 fully saturated rings. The average Bonchev–Trinajstić information content (AvgIpc) is 3.27. The van der Waals surface area contributed by atoms with Crippen molar-refractivity contribution in [3.8, 4) is 10.4 Å². The number of amides is 1. The monoisotopic (exact) mass is 453 g/mol. The Labute approximate surface area is 190 Å². The third-order valence-corrected chi connectivity index (χ3v) is 5.88. The maximum atomic E-state index is 11.8. The summed E-state index contributed by atoms with van der Waals surface area (Å²) in [5, 5.41) is 6.03. The second kappa shape index (κ2) is 8.27. The summed E-state index contributed by atoms with van der Waals surface area (Å²) in [5.74, 6) is 1.16. The van der Waals surface area contributed by atoms with Gasteiger partial charge in [0.2, 0.25) is 0 Å². The molecule has 4 N–H and O–H groups in total. The smallest absolute Gasteiger partial charge is 0.407 e. The maximum Gasteiger partial charge on any atom is 0.407 e. The molecule has 0 radical (unpaired) electrons. The Hall–Kier alpha value is -3.40. The highest BCUT2D eigenvalue weighted by atomic mass is 32.1. The number of ether oxygens (including phenoxy) is 1. The number of anilines is 2. The first-order chi connectivity index (χ1) is 15.1. The van der Waals surface area contributed by atoms with Crippen molar-refractivity contribution in [2.24, 2.45) is 0 Å². The minimum Gasteiger partial charge on any atom is -0.444 e. The van der Waals surface area contributed by atoms with E-state index >= 15 is 0 Å². The topological polar surface area (TPSA) is 119 Å². The zero-order valence-corrected chi connectivity index (χ0v) is 19.6. The highest BCUT2D eigenvalue weighted by Gasteiger charge is 2.17. The number of nitrogen functional groups attached to an aromatic ring is 1. The quantitative estimate of drug-likeness (QED) is 0.388. The molecule has 0 aliphatic heterocycles. The first kappa shape index (κ1) is 21.8. The van der Waals surface area contributed by atoms with Gasteiger partial charge in [-0.25, -0.2) is 19.7 Å². The summed E-state index contributed by atoms with van der Waals surface area (Å²) in [5.41, 5.74) is 9.81. The van der Waals surface area contributed by atoms with Crippen molar-refractivity contribution in [3.63, 3.8) is 0 Å². The van der Waals surface area contributed by atoms with Crippen LogP contribution in [0.1, 0.15) is 32.2 Å². The molecule has 0 bridgehead atoms. The molecule has 4 rings (SSSR count). The van der Waals surface area contributed by atoms with Crippen molar-refractivity contribution >= 4 is 45.1 Å². The number of alkyl carbamates (subject to hydrolysis) is 1. The van der Waals surface area contributed by atoms with Crippen molar-refractivity contribution in [3.05, 3.63) is 35.8 Å². The minimum atomic E-state index is -0.529. The lowest BCUT2D eigenvalue weighted by Crippen LogP contribution is -2.35. The molecule has 9 nitrogen and oxygen atoms in total. The predicted molar refractivity (Wildman–Crippen MR) is 128 cm³/mol. The van der Waals surface area contributed by atoms with Gasteiger partial charge in [-0.3, -0.25) is 4.40 Å². The number of carbonyl (C=O) groups is 1. The van der Waals surface area contributed by atoms with Crippen LogP contribution in [-0.2, 0) is 4.74 Å². The molecule has 4 aromatic heterocycles. The number of aromatic nitrogens is 4. The van der Waals surface area contributed by atoms with E-state index in [1.54, 1.807) is 11.3 Å². The lowest BCUT2D eigenvalue weighted by Gasteiger charge is -2.19. The Morgan fingerprint density at radius 3 is 2.72 bits per heavy atom. The van der Waals surface area contributed by atoms with Crippen LogP contribution in [0, 0.1) is 13.8 Å². The van der Waals surface area contributed by atoms with Crippen molar-refractivity contribution in [1.82, 2.24) is 24.7 Å². The van der Waals surface area contributed by atoms with Gasteiger partial charge in [0.15, 0.2) is 11.5 Å². The van der Waals surface area contributed by atoms with Crippen LogP contribution in [0.4, 0.5) is 16.4 Å². The molecule has 168 valence electrons. The zero-order chi connectivity index (χ0) is 23.0. The fourth-order valence-electron chi connectivity index (χ4n) is 3.39. The standard InChI is InChI=1S/C22H27N7O2S/c1-12-11-26-19-18(24-8-9-25-21(30)31-22(3,4)5)28-15-10-16(32-20(15)29(12)19)14-6-7-17(23)27-13(14)2/h6-7,10-11H,8-9H2,1-5H3,(H2,23,27)(H,24,28)(H,25,30). The van der Waals surface area contributed by atoms with E-state index in [0.717, 1.165) is 37.8 Å². The molecule has 0 spiro atoms. The largest absolute Gasteiger partial charge is 0.444 e. The number of thiophene rings is 1. The number of aryl methyl sites for hydroxylation is 2. The van der Waals surface area contributed by atoms with Gasteiger partial charge in [-0.15, -0.1) is 11.3 Å². The molecule has 1 amide bonds. The molecule has 10 heteroatoms. The summed E-state index contributed by atoms with van der Waals surface area (Å²) in [6.45, 7) is 10.3. The van der Waals surface area contributed by atoms with Gasteiger partial charge in [-0.05, 0) is 52.8 Å². The van der Waals surface area contributed by atoms with Crippen LogP contribution in [-0.4, -0.2) is 44.1 Å². The fraction of sp³-hybridized carbons (Fsp3) is 0.364. The molecule has 0 saturated carbocycles. The van der Waals surface area contributed by atoms with Gasteiger partial charge in [0.25, 0.3) is 0 Å². The van der Waals surface area contributed by atoms with Gasteiger partial charge in [0, 0.05) is 41.1 Å². The first-order valence-corrected chi connectivity index (χ1v) is 11.2. The summed E-state index contributed by atoms with van der Waals surface area (Å²) in [6, 6.07) is 5.86. The Morgan fingerprint density at radius 1 is 1.22 bits per heavy atom. The van der Waals surface area contributed by atoms with Crippen molar-refractivity contribution in [1.29, 1.82) is 0 Å². The van der Waals surface area contributed by atoms with Gasteiger partial charge in [0.05, 0.1) is 0 Å². The van der Waals surface area contributed by atoms with Crippen molar-refractivity contribution in [2.45, 2.75) is 40.2 Å². The predicted octanol–water partition coefficient (Wildman–Crippen LogP) is 4.14. The summed E-state index contributed by atoms with van der Waals surface area (Å²) in [4.78, 5) is 27.7. The summed E-state index contributed by atoms with van der Waals surface area (Å²) < 4.78 is 7.36. The van der Waals surface area contributed by atoms with Crippen LogP contribution in [0.25, 0.3) is 26.4 Å². The third-order valence-electron chi connectivity index (χ3n) is 4.74. The Morgan fingerprint density at radius 2 is 2.00 bits per heavy atom. The van der Waals surface area contributed by atoms with Crippen molar-refractivity contribution < 1.29 is 9.53 Å². The van der Waals surface area contributed by atoms with Crippen LogP contribution in [0.5, 0.6) is 0 Å². The van der Waals surface area contributed by atoms with E-state index in [2.05, 4.69) is 31.1 Å². The number of nitrogens with two attached hydrogens (primary N) is 1.